The number of hydrogen-bond donors (Lipinski definition) is 0. The fraction of sp³-hybridized carbons (Fsp3) is 1.00. The SMILES string of the molecule is CC(C)(C)[Si](C(C)(C)C)(C(C)(C)C)[Si](OS(=O)(=O)C(F)(F)F)(OS(=O)(=O)C(F)(F)F)[Si](C(C)(C)C)(C(C)(C)C)C(C)(C)C. The zero-order valence-corrected chi connectivity index (χ0v) is 33.7. The number of halogens is 6. The van der Waals surface area contributed by atoms with Gasteiger partial charge in [0, 0.05) is 0 Å². The Morgan fingerprint density at radius 1 is 0.372 bits per heavy atom. The summed E-state index contributed by atoms with van der Waals surface area (Å²) in [5, 5.41) is -7.60. The molecule has 17 heteroatoms. The minimum absolute atomic E-state index is 1.27. The van der Waals surface area contributed by atoms with E-state index in [1.54, 1.807) is 125 Å². The summed E-state index contributed by atoms with van der Waals surface area (Å²) in [4.78, 5) is 0. The van der Waals surface area contributed by atoms with E-state index >= 15 is 0 Å². The molecule has 0 amide bonds. The van der Waals surface area contributed by atoms with Gasteiger partial charge in [0.05, 0.1) is 0 Å². The van der Waals surface area contributed by atoms with Crippen LogP contribution in [-0.4, -0.2) is 50.6 Å². The van der Waals surface area contributed by atoms with Crippen LogP contribution in [0.4, 0.5) is 26.3 Å². The van der Waals surface area contributed by atoms with Crippen molar-refractivity contribution in [1.29, 1.82) is 0 Å². The van der Waals surface area contributed by atoms with Crippen LogP contribution < -0.4 is 0 Å². The van der Waals surface area contributed by atoms with Gasteiger partial charge in [0.2, 0.25) is 0 Å². The first-order chi connectivity index (χ1) is 17.9. The Balaban J connectivity index is 10.2. The van der Waals surface area contributed by atoms with Crippen molar-refractivity contribution in [3.8, 4) is 0 Å². The van der Waals surface area contributed by atoms with Crippen LogP contribution in [0, 0.1) is 0 Å². The van der Waals surface area contributed by atoms with Crippen LogP contribution in [0.25, 0.3) is 0 Å². The quantitative estimate of drug-likeness (QED) is 0.154. The van der Waals surface area contributed by atoms with Crippen molar-refractivity contribution in [2.45, 2.75) is 166 Å². The normalized spacial score (nSPS) is 16.9. The lowest BCUT2D eigenvalue weighted by Gasteiger charge is -2.73. The van der Waals surface area contributed by atoms with Crippen molar-refractivity contribution >= 4 is 43.0 Å². The molecule has 6 nitrogen and oxygen atoms in total. The van der Waals surface area contributed by atoms with Gasteiger partial charge < -0.3 is 0 Å². The lowest BCUT2D eigenvalue weighted by molar-refractivity contribution is -0.0527. The van der Waals surface area contributed by atoms with Crippen LogP contribution in [0.15, 0.2) is 0 Å². The van der Waals surface area contributed by atoms with Crippen LogP contribution in [-0.2, 0) is 28.0 Å². The van der Waals surface area contributed by atoms with Gasteiger partial charge in [-0.25, -0.2) is 0 Å². The van der Waals surface area contributed by atoms with Crippen molar-refractivity contribution in [3.05, 3.63) is 0 Å². The summed E-state index contributed by atoms with van der Waals surface area (Å²) in [6.07, 6.45) is 0. The molecule has 0 atom stereocenters. The first-order valence-corrected chi connectivity index (χ1v) is 24.6. The third kappa shape index (κ3) is 6.48. The molecule has 0 bridgehead atoms. The van der Waals surface area contributed by atoms with Crippen LogP contribution in [0.5, 0.6) is 0 Å². The van der Waals surface area contributed by atoms with Gasteiger partial charge in [-0.05, 0) is 30.2 Å². The Kier molecular flexibility index (Phi) is 11.1. The molecule has 0 saturated carbocycles. The molecule has 0 saturated heterocycles. The molecule has 0 aromatic heterocycles. The highest BCUT2D eigenvalue weighted by atomic mass is 32.2. The van der Waals surface area contributed by atoms with E-state index in [2.05, 4.69) is 0 Å². The molecule has 0 aliphatic carbocycles. The summed E-state index contributed by atoms with van der Waals surface area (Å²) in [5.74, 6) is 0. The fourth-order valence-corrected chi connectivity index (χ4v) is 89.5. The van der Waals surface area contributed by atoms with Crippen molar-refractivity contribution in [2.75, 3.05) is 0 Å². The zero-order chi connectivity index (χ0) is 35.9. The molecule has 43 heavy (non-hydrogen) atoms. The first-order valence-electron chi connectivity index (χ1n) is 14.0. The Morgan fingerprint density at radius 2 is 0.512 bits per heavy atom. The fourth-order valence-electron chi connectivity index (χ4n) is 10.7. The summed E-state index contributed by atoms with van der Waals surface area (Å²) in [7, 11) is -28.5. The minimum atomic E-state index is -6.73. The minimum Gasteiger partial charge on any atom is -0.283 e. The third-order valence-corrected chi connectivity index (χ3v) is 58.2. The molecule has 0 spiro atoms. The van der Waals surface area contributed by atoms with Crippen LogP contribution in [0.2, 0.25) is 30.2 Å². The molecule has 0 heterocycles. The van der Waals surface area contributed by atoms with Gasteiger partial charge in [0.1, 0.15) is 15.2 Å². The summed E-state index contributed by atoms with van der Waals surface area (Å²) in [5.41, 5.74) is -12.2. The van der Waals surface area contributed by atoms with Crippen molar-refractivity contribution in [2.24, 2.45) is 0 Å². The second kappa shape index (κ2) is 11.1. The monoisotopic (exact) mass is 724 g/mol. The van der Waals surface area contributed by atoms with Gasteiger partial charge in [-0.15, -0.1) is 0 Å². The summed E-state index contributed by atoms with van der Waals surface area (Å²) in [6.45, 7) is 29.2. The lowest BCUT2D eigenvalue weighted by Crippen LogP contribution is -2.93. The smallest absolute Gasteiger partial charge is 0.283 e. The first kappa shape index (κ1) is 43.1. The van der Waals surface area contributed by atoms with E-state index in [-0.39, 0.29) is 0 Å². The predicted octanol–water partition coefficient (Wildman–Crippen LogP) is 10.0. The zero-order valence-electron chi connectivity index (χ0n) is 29.0. The van der Waals surface area contributed by atoms with E-state index < -0.39 is 84.3 Å². The maximum atomic E-state index is 14.5. The maximum absolute atomic E-state index is 14.5. The average Bonchev–Trinajstić information content (AvgIpc) is 2.50. The molecule has 0 fully saturated rings. The Labute approximate surface area is 259 Å². The van der Waals surface area contributed by atoms with Gasteiger partial charge >= 0.3 is 38.8 Å². The van der Waals surface area contributed by atoms with Crippen LogP contribution in [0.3, 0.4) is 0 Å². The molecule has 0 N–H and O–H groups in total. The molecule has 0 rings (SSSR count). The molecule has 260 valence electrons. The van der Waals surface area contributed by atoms with Gasteiger partial charge in [0.25, 0.3) is 0 Å². The van der Waals surface area contributed by atoms with E-state index in [0.29, 0.717) is 0 Å². The average molecular weight is 725 g/mol. The van der Waals surface area contributed by atoms with Crippen molar-refractivity contribution < 1.29 is 50.9 Å². The molecule has 0 aliphatic heterocycles. The highest BCUT2D eigenvalue weighted by Gasteiger charge is 2.89. The van der Waals surface area contributed by atoms with E-state index in [9.17, 15) is 43.2 Å². The topological polar surface area (TPSA) is 86.7 Å². The molecule has 0 unspecified atom stereocenters. The van der Waals surface area contributed by atoms with Crippen molar-refractivity contribution in [3.63, 3.8) is 0 Å². The summed E-state index contributed by atoms with van der Waals surface area (Å²) < 4.78 is 152. The Bertz CT molecular complexity index is 1070. The number of rotatable bonds is 6. The number of alkyl halides is 6. The Morgan fingerprint density at radius 3 is 0.605 bits per heavy atom. The van der Waals surface area contributed by atoms with E-state index in [0.717, 1.165) is 0 Å². The summed E-state index contributed by atoms with van der Waals surface area (Å²) >= 11 is 0. The van der Waals surface area contributed by atoms with Crippen molar-refractivity contribution in [1.82, 2.24) is 0 Å². The third-order valence-electron chi connectivity index (χ3n) is 8.76. The second-order valence-corrected chi connectivity index (χ2v) is 44.8. The molecule has 0 aromatic carbocycles. The van der Waals surface area contributed by atoms with Crippen LogP contribution >= 0.6 is 0 Å². The number of hydrogen-bond acceptors (Lipinski definition) is 6. The highest BCUT2D eigenvalue weighted by Crippen LogP contribution is 2.75. The maximum Gasteiger partial charge on any atom is 0.522 e. The van der Waals surface area contributed by atoms with Crippen LogP contribution in [0.1, 0.15) is 125 Å². The second-order valence-electron chi connectivity index (χ2n) is 17.6. The van der Waals surface area contributed by atoms with Gasteiger partial charge in [-0.3, -0.25) is 7.74 Å². The van der Waals surface area contributed by atoms with E-state index in [1.807, 2.05) is 0 Å². The molecule has 0 aliphatic rings. The largest absolute Gasteiger partial charge is 0.522 e. The highest BCUT2D eigenvalue weighted by molar-refractivity contribution is 7.94. The van der Waals surface area contributed by atoms with Gasteiger partial charge in [0.15, 0.2) is 0 Å². The van der Waals surface area contributed by atoms with Gasteiger partial charge in [-0.1, -0.05) is 125 Å². The molecular formula is C26H54F6O6S2Si3. The molecular weight excluding hydrogens is 671 g/mol. The molecule has 0 aromatic rings. The van der Waals surface area contributed by atoms with E-state index in [4.69, 9.17) is 7.74 Å². The van der Waals surface area contributed by atoms with E-state index in [1.165, 1.54) is 0 Å². The lowest BCUT2D eigenvalue weighted by atomic mass is 10.2. The predicted molar refractivity (Wildman–Crippen MR) is 168 cm³/mol. The standard InChI is InChI=1S/C26H54F6O6S2Si3/c1-19(2,3)41(20(4,5)6,21(7,8)9)43(37-39(33,34)25(27,28)29,38-40(35,36)26(30,31)32)42(22(10,11)12,23(13,14)15)24(16,17)18/h1-18H3. The Hall–Kier alpha value is 0.0506. The van der Waals surface area contributed by atoms with Gasteiger partial charge in [-0.2, -0.15) is 43.2 Å². The molecule has 0 radical (unpaired) electrons. The summed E-state index contributed by atoms with van der Waals surface area (Å²) in [6, 6.07) is 0.